The van der Waals surface area contributed by atoms with E-state index in [1.807, 2.05) is 35.9 Å². The zero-order valence-electron chi connectivity index (χ0n) is 19.3. The number of carbonyl (C=O) groups excluding carboxylic acids is 1. The van der Waals surface area contributed by atoms with Crippen LogP contribution in [-0.4, -0.2) is 36.0 Å². The van der Waals surface area contributed by atoms with Crippen LogP contribution >= 0.6 is 0 Å². The normalized spacial score (nSPS) is 11.4. The minimum Gasteiger partial charge on any atom is -0.487 e. The van der Waals surface area contributed by atoms with Gasteiger partial charge in [-0.3, -0.25) is 9.52 Å². The first-order valence-corrected chi connectivity index (χ1v) is 12.6. The number of imidazole rings is 1. The molecule has 8 nitrogen and oxygen atoms in total. The van der Waals surface area contributed by atoms with Gasteiger partial charge in [-0.15, -0.1) is 0 Å². The fourth-order valence-corrected chi connectivity index (χ4v) is 4.36. The van der Waals surface area contributed by atoms with Gasteiger partial charge < -0.3 is 14.5 Å². The van der Waals surface area contributed by atoms with Crippen molar-refractivity contribution in [2.45, 2.75) is 20.5 Å². The number of aromatic nitrogens is 2. The van der Waals surface area contributed by atoms with Gasteiger partial charge in [0.15, 0.2) is 0 Å². The highest BCUT2D eigenvalue weighted by atomic mass is 32.2. The number of pyridine rings is 1. The first-order valence-electron chi connectivity index (χ1n) is 10.9. The Hall–Kier alpha value is -3.92. The van der Waals surface area contributed by atoms with Crippen molar-refractivity contribution in [2.75, 3.05) is 17.0 Å². The number of anilines is 1. The van der Waals surface area contributed by atoms with Crippen LogP contribution in [0.3, 0.4) is 0 Å². The van der Waals surface area contributed by atoms with Gasteiger partial charge in [0.2, 0.25) is 10.0 Å². The number of fused-ring (bicyclic) bond motifs is 1. The van der Waals surface area contributed by atoms with Gasteiger partial charge in [0.1, 0.15) is 23.8 Å². The number of ether oxygens (including phenoxy) is 1. The van der Waals surface area contributed by atoms with Crippen LogP contribution in [0.25, 0.3) is 5.65 Å². The summed E-state index contributed by atoms with van der Waals surface area (Å²) in [4.78, 5) is 17.0. The van der Waals surface area contributed by atoms with Crippen LogP contribution in [0, 0.1) is 19.7 Å². The lowest BCUT2D eigenvalue weighted by molar-refractivity contribution is 0.0955. The van der Waals surface area contributed by atoms with Crippen LogP contribution in [0.5, 0.6) is 5.75 Å². The van der Waals surface area contributed by atoms with E-state index in [4.69, 9.17) is 4.74 Å². The second kappa shape index (κ2) is 10.1. The van der Waals surface area contributed by atoms with Crippen LogP contribution in [0.2, 0.25) is 0 Å². The molecule has 2 aromatic carbocycles. The molecule has 2 N–H and O–H groups in total. The second-order valence-corrected chi connectivity index (χ2v) is 10.0. The van der Waals surface area contributed by atoms with Crippen LogP contribution in [0.1, 0.15) is 27.2 Å². The van der Waals surface area contributed by atoms with Crippen molar-refractivity contribution in [3.8, 4) is 5.75 Å². The smallest absolute Gasteiger partial charge is 0.251 e. The fourth-order valence-electron chi connectivity index (χ4n) is 3.40. The first-order chi connectivity index (χ1) is 16.7. The Bertz CT molecular complexity index is 1480. The van der Waals surface area contributed by atoms with Crippen molar-refractivity contribution in [3.05, 3.63) is 95.2 Å². The van der Waals surface area contributed by atoms with Gasteiger partial charge in [-0.25, -0.2) is 17.8 Å². The Labute approximate surface area is 202 Å². The molecule has 0 saturated carbocycles. The molecule has 4 aromatic rings. The van der Waals surface area contributed by atoms with Gasteiger partial charge in [0, 0.05) is 24.5 Å². The molecule has 182 valence electrons. The van der Waals surface area contributed by atoms with Gasteiger partial charge in [-0.05, 0) is 61.4 Å². The van der Waals surface area contributed by atoms with E-state index in [0.717, 1.165) is 23.0 Å². The first kappa shape index (κ1) is 24.2. The standard InChI is InChI=1S/C25H25FN4O4S/c1-17-6-9-24-28-21(15-30(24)14-17)16-34-22-5-3-4-19(12-22)25(31)27-10-11-35(32,33)29-20-8-7-18(2)23(26)13-20/h3-9,12-15,29H,10-11,16H2,1-2H3,(H,27,31). The van der Waals surface area contributed by atoms with Gasteiger partial charge in [0.25, 0.3) is 5.91 Å². The summed E-state index contributed by atoms with van der Waals surface area (Å²) >= 11 is 0. The van der Waals surface area contributed by atoms with E-state index in [0.29, 0.717) is 16.9 Å². The van der Waals surface area contributed by atoms with E-state index >= 15 is 0 Å². The predicted octanol–water partition coefficient (Wildman–Crippen LogP) is 3.84. The largest absolute Gasteiger partial charge is 0.487 e. The van der Waals surface area contributed by atoms with Crippen LogP contribution < -0.4 is 14.8 Å². The number of nitrogens with zero attached hydrogens (tertiary/aromatic N) is 2. The summed E-state index contributed by atoms with van der Waals surface area (Å²) in [5.41, 5.74) is 3.56. The molecule has 2 heterocycles. The minimum atomic E-state index is -3.77. The summed E-state index contributed by atoms with van der Waals surface area (Å²) in [7, 11) is -3.77. The van der Waals surface area contributed by atoms with E-state index in [-0.39, 0.29) is 24.6 Å². The van der Waals surface area contributed by atoms with E-state index in [2.05, 4.69) is 15.0 Å². The topological polar surface area (TPSA) is 102 Å². The number of nitrogens with one attached hydrogen (secondary N) is 2. The maximum absolute atomic E-state index is 13.6. The average Bonchev–Trinajstić information content (AvgIpc) is 3.22. The van der Waals surface area contributed by atoms with Crippen LogP contribution in [0.15, 0.2) is 67.0 Å². The summed E-state index contributed by atoms with van der Waals surface area (Å²) < 4.78 is 48.2. The number of halogens is 1. The lowest BCUT2D eigenvalue weighted by atomic mass is 10.2. The van der Waals surface area contributed by atoms with Crippen molar-refractivity contribution < 1.29 is 22.3 Å². The van der Waals surface area contributed by atoms with Crippen molar-refractivity contribution in [1.29, 1.82) is 0 Å². The summed E-state index contributed by atoms with van der Waals surface area (Å²) in [5.74, 6) is -0.814. The maximum Gasteiger partial charge on any atom is 0.251 e. The van der Waals surface area contributed by atoms with E-state index in [1.54, 1.807) is 31.2 Å². The average molecular weight is 497 g/mol. The summed E-state index contributed by atoms with van der Waals surface area (Å²) in [6.07, 6.45) is 3.87. The Balaban J connectivity index is 1.30. The summed E-state index contributed by atoms with van der Waals surface area (Å²) in [6.45, 7) is 3.70. The molecular formula is C25H25FN4O4S. The van der Waals surface area contributed by atoms with Gasteiger partial charge in [0.05, 0.1) is 17.1 Å². The number of carbonyl (C=O) groups is 1. The predicted molar refractivity (Wildman–Crippen MR) is 132 cm³/mol. The molecule has 10 heteroatoms. The highest BCUT2D eigenvalue weighted by molar-refractivity contribution is 7.92. The third kappa shape index (κ3) is 6.36. The van der Waals surface area contributed by atoms with Crippen molar-refractivity contribution >= 4 is 27.3 Å². The summed E-state index contributed by atoms with van der Waals surface area (Å²) in [5, 5.41) is 2.58. The molecule has 2 aromatic heterocycles. The monoisotopic (exact) mass is 496 g/mol. The number of aryl methyl sites for hydroxylation is 2. The molecule has 0 fully saturated rings. The number of benzene rings is 2. The molecule has 0 bridgehead atoms. The van der Waals surface area contributed by atoms with Crippen LogP contribution in [0.4, 0.5) is 10.1 Å². The van der Waals surface area contributed by atoms with Crippen molar-refractivity contribution in [1.82, 2.24) is 14.7 Å². The molecule has 35 heavy (non-hydrogen) atoms. The van der Waals surface area contributed by atoms with E-state index < -0.39 is 21.7 Å². The number of hydrogen-bond donors (Lipinski definition) is 2. The third-order valence-corrected chi connectivity index (χ3v) is 6.52. The molecule has 0 spiro atoms. The molecular weight excluding hydrogens is 471 g/mol. The van der Waals surface area contributed by atoms with Gasteiger partial charge in [-0.2, -0.15) is 0 Å². The molecule has 0 atom stereocenters. The van der Waals surface area contributed by atoms with E-state index in [1.165, 1.54) is 12.1 Å². The molecule has 0 aliphatic rings. The highest BCUT2D eigenvalue weighted by Crippen LogP contribution is 2.17. The van der Waals surface area contributed by atoms with E-state index in [9.17, 15) is 17.6 Å². The third-order valence-electron chi connectivity index (χ3n) is 5.23. The lowest BCUT2D eigenvalue weighted by Crippen LogP contribution is -2.31. The zero-order chi connectivity index (χ0) is 25.0. The quantitative estimate of drug-likeness (QED) is 0.367. The molecule has 0 aliphatic heterocycles. The van der Waals surface area contributed by atoms with Gasteiger partial charge >= 0.3 is 0 Å². The number of sulfonamides is 1. The van der Waals surface area contributed by atoms with Crippen molar-refractivity contribution in [3.63, 3.8) is 0 Å². The highest BCUT2D eigenvalue weighted by Gasteiger charge is 2.13. The minimum absolute atomic E-state index is 0.117. The maximum atomic E-state index is 13.6. The molecule has 0 radical (unpaired) electrons. The second-order valence-electron chi connectivity index (χ2n) is 8.16. The molecule has 0 aliphatic carbocycles. The Morgan fingerprint density at radius 1 is 1.09 bits per heavy atom. The Morgan fingerprint density at radius 2 is 1.91 bits per heavy atom. The number of amides is 1. The van der Waals surface area contributed by atoms with Crippen molar-refractivity contribution in [2.24, 2.45) is 0 Å². The van der Waals surface area contributed by atoms with Gasteiger partial charge in [-0.1, -0.05) is 18.2 Å². The molecule has 4 rings (SSSR count). The zero-order valence-corrected chi connectivity index (χ0v) is 20.1. The SMILES string of the molecule is Cc1ccc2nc(COc3cccc(C(=O)NCCS(=O)(=O)Nc4ccc(C)c(F)c4)c3)cn2c1. The van der Waals surface area contributed by atoms with Crippen LogP contribution in [-0.2, 0) is 16.6 Å². The fraction of sp³-hybridized carbons (Fsp3) is 0.200. The number of hydrogen-bond acceptors (Lipinski definition) is 5. The lowest BCUT2D eigenvalue weighted by Gasteiger charge is -2.10. The molecule has 0 saturated heterocycles. The molecule has 1 amide bonds. The number of rotatable bonds is 9. The Kier molecular flexibility index (Phi) is 7.02. The molecule has 0 unspecified atom stereocenters. The summed E-state index contributed by atoms with van der Waals surface area (Å²) in [6, 6.07) is 14.6. The Morgan fingerprint density at radius 3 is 2.71 bits per heavy atom.